The molecule has 0 unspecified atom stereocenters. The number of carbonyl (C=O) groups excluding carboxylic acids is 1. The molecule has 1 atom stereocenters. The lowest BCUT2D eigenvalue weighted by Gasteiger charge is -2.15. The molecule has 0 saturated heterocycles. The third-order valence-corrected chi connectivity index (χ3v) is 8.18. The number of aromatic nitrogens is 3. The van der Waals surface area contributed by atoms with E-state index in [9.17, 15) is 22.0 Å². The highest BCUT2D eigenvalue weighted by atomic mass is 32.2. The first-order valence-corrected chi connectivity index (χ1v) is 11.8. The summed E-state index contributed by atoms with van der Waals surface area (Å²) in [6.07, 6.45) is 2.21. The fraction of sp³-hybridized carbons (Fsp3) is 0.217. The summed E-state index contributed by atoms with van der Waals surface area (Å²) < 4.78 is 56.5. The van der Waals surface area contributed by atoms with E-state index in [4.69, 9.17) is 0 Å². The molecule has 10 heteroatoms. The van der Waals surface area contributed by atoms with Gasteiger partial charge in [-0.25, -0.2) is 17.2 Å². The number of fused-ring (bicyclic) bond motifs is 2. The van der Waals surface area contributed by atoms with Crippen LogP contribution in [0.5, 0.6) is 0 Å². The summed E-state index contributed by atoms with van der Waals surface area (Å²) in [5.41, 5.74) is 1.62. The van der Waals surface area contributed by atoms with Gasteiger partial charge >= 0.3 is 0 Å². The Labute approximate surface area is 188 Å². The molecule has 1 amide bonds. The van der Waals surface area contributed by atoms with Crippen molar-refractivity contribution in [1.29, 1.82) is 0 Å². The van der Waals surface area contributed by atoms with Gasteiger partial charge in [-0.1, -0.05) is 0 Å². The van der Waals surface area contributed by atoms with Crippen LogP contribution in [0.3, 0.4) is 0 Å². The Morgan fingerprint density at radius 3 is 2.73 bits per heavy atom. The maximum Gasteiger partial charge on any atom is 0.268 e. The first-order valence-electron chi connectivity index (χ1n) is 10.3. The minimum Gasteiger partial charge on any atom is -0.344 e. The Morgan fingerprint density at radius 1 is 1.18 bits per heavy atom. The van der Waals surface area contributed by atoms with Crippen molar-refractivity contribution in [3.05, 3.63) is 76.7 Å². The summed E-state index contributed by atoms with van der Waals surface area (Å²) in [4.78, 5) is 13.1. The molecule has 5 rings (SSSR count). The summed E-state index contributed by atoms with van der Waals surface area (Å²) in [7, 11) is -2.33. The van der Waals surface area contributed by atoms with Crippen LogP contribution in [0.4, 0.5) is 8.78 Å². The van der Waals surface area contributed by atoms with Crippen molar-refractivity contribution in [2.24, 2.45) is 7.05 Å². The standard InChI is InChI=1S/C23H20F2N4O3S/c1-12-21(33(31,32)14-3-7-18-13(9-14)11-26-28-18)10-20(29(12)2)23(30)27-19-8-4-15-16(24)5-6-17(25)22(15)19/h3,5-7,9-11,19H,4,8H2,1-2H3,(H,26,28)(H,27,30)/t19-/m0/s1. The largest absolute Gasteiger partial charge is 0.344 e. The maximum atomic E-state index is 14.3. The molecule has 0 aliphatic heterocycles. The van der Waals surface area contributed by atoms with Crippen molar-refractivity contribution >= 4 is 26.6 Å². The van der Waals surface area contributed by atoms with Crippen LogP contribution in [-0.4, -0.2) is 29.1 Å². The van der Waals surface area contributed by atoms with Gasteiger partial charge in [-0.15, -0.1) is 0 Å². The van der Waals surface area contributed by atoms with Crippen LogP contribution in [0.1, 0.15) is 39.8 Å². The van der Waals surface area contributed by atoms with Gasteiger partial charge in [0.2, 0.25) is 9.84 Å². The van der Waals surface area contributed by atoms with Crippen molar-refractivity contribution in [1.82, 2.24) is 20.1 Å². The van der Waals surface area contributed by atoms with E-state index in [0.717, 1.165) is 12.1 Å². The molecule has 0 spiro atoms. The van der Waals surface area contributed by atoms with Gasteiger partial charge in [-0.05, 0) is 61.7 Å². The second-order valence-electron chi connectivity index (χ2n) is 8.15. The molecule has 170 valence electrons. The third kappa shape index (κ3) is 3.32. The number of amides is 1. The fourth-order valence-corrected chi connectivity index (χ4v) is 6.00. The number of hydrogen-bond donors (Lipinski definition) is 2. The van der Waals surface area contributed by atoms with Crippen LogP contribution in [0.15, 0.2) is 52.4 Å². The van der Waals surface area contributed by atoms with E-state index in [0.29, 0.717) is 29.4 Å². The molecular formula is C23H20F2N4O3S. The molecule has 1 aliphatic rings. The van der Waals surface area contributed by atoms with Crippen LogP contribution in [0.25, 0.3) is 10.9 Å². The number of sulfone groups is 1. The van der Waals surface area contributed by atoms with Crippen molar-refractivity contribution < 1.29 is 22.0 Å². The van der Waals surface area contributed by atoms with E-state index in [1.807, 2.05) is 0 Å². The number of nitrogens with one attached hydrogen (secondary N) is 2. The Kier molecular flexibility index (Phi) is 4.86. The summed E-state index contributed by atoms with van der Waals surface area (Å²) in [6.45, 7) is 1.61. The number of halogens is 2. The lowest BCUT2D eigenvalue weighted by atomic mass is 10.1. The van der Waals surface area contributed by atoms with Gasteiger partial charge in [0, 0.05) is 23.7 Å². The molecule has 0 radical (unpaired) electrons. The van der Waals surface area contributed by atoms with Gasteiger partial charge < -0.3 is 9.88 Å². The number of nitrogens with zero attached hydrogens (tertiary/aromatic N) is 2. The summed E-state index contributed by atoms with van der Waals surface area (Å²) >= 11 is 0. The number of hydrogen-bond acceptors (Lipinski definition) is 4. The van der Waals surface area contributed by atoms with Gasteiger partial charge in [0.15, 0.2) is 0 Å². The number of benzene rings is 2. The number of aromatic amines is 1. The first-order chi connectivity index (χ1) is 15.7. The molecular weight excluding hydrogens is 450 g/mol. The van der Waals surface area contributed by atoms with Gasteiger partial charge in [-0.3, -0.25) is 9.89 Å². The van der Waals surface area contributed by atoms with Gasteiger partial charge in [0.1, 0.15) is 17.3 Å². The summed E-state index contributed by atoms with van der Waals surface area (Å²) in [5, 5.41) is 10.1. The van der Waals surface area contributed by atoms with E-state index < -0.39 is 33.4 Å². The monoisotopic (exact) mass is 470 g/mol. The van der Waals surface area contributed by atoms with E-state index in [1.165, 1.54) is 29.0 Å². The molecule has 0 fully saturated rings. The van der Waals surface area contributed by atoms with Gasteiger partial charge in [0.25, 0.3) is 5.91 Å². The maximum absolute atomic E-state index is 14.3. The number of carbonyl (C=O) groups is 1. The zero-order chi connectivity index (χ0) is 23.5. The Morgan fingerprint density at radius 2 is 1.94 bits per heavy atom. The Hall–Kier alpha value is -3.53. The fourth-order valence-electron chi connectivity index (χ4n) is 4.43. The highest BCUT2D eigenvalue weighted by Crippen LogP contribution is 2.35. The van der Waals surface area contributed by atoms with Gasteiger partial charge in [0.05, 0.1) is 27.5 Å². The second kappa shape index (κ2) is 7.51. The minimum atomic E-state index is -3.91. The quantitative estimate of drug-likeness (QED) is 0.475. The van der Waals surface area contributed by atoms with Crippen molar-refractivity contribution in [2.45, 2.75) is 35.6 Å². The Bertz CT molecular complexity index is 1540. The second-order valence-corrected chi connectivity index (χ2v) is 10.1. The molecule has 0 bridgehead atoms. The van der Waals surface area contributed by atoms with Crippen molar-refractivity contribution in [3.8, 4) is 0 Å². The zero-order valence-electron chi connectivity index (χ0n) is 17.8. The first kappa shape index (κ1) is 21.3. The van der Waals surface area contributed by atoms with E-state index in [2.05, 4.69) is 15.5 Å². The summed E-state index contributed by atoms with van der Waals surface area (Å²) in [6, 6.07) is 7.39. The molecule has 0 saturated carbocycles. The molecule has 33 heavy (non-hydrogen) atoms. The predicted octanol–water partition coefficient (Wildman–Crippen LogP) is 3.74. The van der Waals surface area contributed by atoms with Crippen LogP contribution >= 0.6 is 0 Å². The van der Waals surface area contributed by atoms with Crippen LogP contribution < -0.4 is 5.32 Å². The normalized spacial score (nSPS) is 15.7. The zero-order valence-corrected chi connectivity index (χ0v) is 18.6. The van der Waals surface area contributed by atoms with Crippen LogP contribution in [0.2, 0.25) is 0 Å². The van der Waals surface area contributed by atoms with E-state index in [1.54, 1.807) is 20.0 Å². The number of H-pyrrole nitrogens is 1. The van der Waals surface area contributed by atoms with Crippen LogP contribution in [0, 0.1) is 18.6 Å². The van der Waals surface area contributed by atoms with Crippen molar-refractivity contribution in [3.63, 3.8) is 0 Å². The molecule has 2 aromatic carbocycles. The number of rotatable bonds is 4. The van der Waals surface area contributed by atoms with E-state index >= 15 is 0 Å². The highest BCUT2D eigenvalue weighted by molar-refractivity contribution is 7.91. The Balaban J connectivity index is 1.48. The lowest BCUT2D eigenvalue weighted by Crippen LogP contribution is -2.29. The average molecular weight is 471 g/mol. The topological polar surface area (TPSA) is 96.8 Å². The highest BCUT2D eigenvalue weighted by Gasteiger charge is 2.32. The predicted molar refractivity (Wildman–Crippen MR) is 117 cm³/mol. The smallest absolute Gasteiger partial charge is 0.268 e. The molecule has 1 aliphatic carbocycles. The molecule has 2 N–H and O–H groups in total. The molecule has 2 aromatic heterocycles. The van der Waals surface area contributed by atoms with E-state index in [-0.39, 0.29) is 26.6 Å². The average Bonchev–Trinajstić information content (AvgIpc) is 3.49. The van der Waals surface area contributed by atoms with Crippen molar-refractivity contribution in [2.75, 3.05) is 0 Å². The molecule has 4 aromatic rings. The molecule has 2 heterocycles. The minimum absolute atomic E-state index is 0.00189. The SMILES string of the molecule is Cc1c(S(=O)(=O)c2ccc3[nH]ncc3c2)cc(C(=O)N[C@H]2CCc3c(F)ccc(F)c32)n1C. The summed E-state index contributed by atoms with van der Waals surface area (Å²) in [5.74, 6) is -1.63. The van der Waals surface area contributed by atoms with Crippen LogP contribution in [-0.2, 0) is 23.3 Å². The van der Waals surface area contributed by atoms with Gasteiger partial charge in [-0.2, -0.15) is 5.10 Å². The lowest BCUT2D eigenvalue weighted by molar-refractivity contribution is 0.0927. The third-order valence-electron chi connectivity index (χ3n) is 6.32. The molecule has 7 nitrogen and oxygen atoms in total.